The third-order valence-electron chi connectivity index (χ3n) is 3.89. The van der Waals surface area contributed by atoms with Gasteiger partial charge in [0.2, 0.25) is 0 Å². The van der Waals surface area contributed by atoms with Crippen LogP contribution in [0, 0.1) is 12.4 Å². The number of ether oxygens (including phenoxy) is 1. The number of nitrogens with zero attached hydrogens (tertiary/aromatic N) is 1. The number of benzene rings is 3. The summed E-state index contributed by atoms with van der Waals surface area (Å²) < 4.78 is 58.2. The molecular formula is C21H12ClF4N3O2. The van der Waals surface area contributed by atoms with E-state index in [4.69, 9.17) is 22.9 Å². The average Bonchev–Trinajstić information content (AvgIpc) is 2.70. The van der Waals surface area contributed by atoms with E-state index in [2.05, 4.69) is 15.5 Å². The molecule has 2 N–H and O–H groups in total. The van der Waals surface area contributed by atoms with E-state index in [-0.39, 0.29) is 28.6 Å². The molecule has 0 aliphatic rings. The predicted octanol–water partition coefficient (Wildman–Crippen LogP) is 7.48. The third kappa shape index (κ3) is 5.65. The number of alkyl halides is 3. The maximum absolute atomic E-state index is 14.0. The lowest BCUT2D eigenvalue weighted by molar-refractivity contribution is -0.137. The minimum absolute atomic E-state index is 0.108. The van der Waals surface area contributed by atoms with Crippen molar-refractivity contribution in [2.24, 2.45) is 0 Å². The molecule has 10 heteroatoms. The number of carbonyl (C=O) groups is 1. The number of nitrogens with one attached hydrogen (secondary N) is 2. The van der Waals surface area contributed by atoms with Gasteiger partial charge in [0.15, 0.2) is 17.3 Å². The van der Waals surface area contributed by atoms with Crippen LogP contribution in [0.15, 0.2) is 60.7 Å². The van der Waals surface area contributed by atoms with E-state index in [0.29, 0.717) is 0 Å². The molecule has 3 aromatic rings. The first kappa shape index (κ1) is 21.9. The minimum Gasteiger partial charge on any atom is -0.454 e. The topological polar surface area (TPSA) is 54.7 Å². The van der Waals surface area contributed by atoms with E-state index in [1.54, 1.807) is 0 Å². The van der Waals surface area contributed by atoms with Crippen molar-refractivity contribution in [2.45, 2.75) is 6.18 Å². The van der Waals surface area contributed by atoms with Crippen molar-refractivity contribution < 1.29 is 27.1 Å². The Kier molecular flexibility index (Phi) is 6.32. The number of hydrogen-bond acceptors (Lipinski definition) is 2. The largest absolute Gasteiger partial charge is 0.454 e. The molecule has 0 saturated heterocycles. The molecular weight excluding hydrogens is 438 g/mol. The summed E-state index contributed by atoms with van der Waals surface area (Å²) in [4.78, 5) is 15.3. The standard InChI is InChI=1S/C21H12ClF4N3O2/c1-27-12-6-8-19(18(23)11-12)31-15-4-2-3-13(9-15)28-20(30)29-14-5-7-17(22)16(10-14)21(24,25)26/h2-11H,(H2,28,29,30). The minimum atomic E-state index is -4.67. The van der Waals surface area contributed by atoms with E-state index in [1.807, 2.05) is 0 Å². The highest BCUT2D eigenvalue weighted by molar-refractivity contribution is 6.31. The zero-order chi connectivity index (χ0) is 22.6. The van der Waals surface area contributed by atoms with Crippen molar-refractivity contribution in [1.29, 1.82) is 0 Å². The van der Waals surface area contributed by atoms with Gasteiger partial charge in [0, 0.05) is 17.4 Å². The van der Waals surface area contributed by atoms with Crippen LogP contribution in [0.5, 0.6) is 11.5 Å². The molecule has 0 heterocycles. The van der Waals surface area contributed by atoms with Crippen LogP contribution in [-0.4, -0.2) is 6.03 Å². The lowest BCUT2D eigenvalue weighted by atomic mass is 10.2. The summed E-state index contributed by atoms with van der Waals surface area (Å²) in [5.41, 5.74) is -0.816. The smallest absolute Gasteiger partial charge is 0.417 e. The van der Waals surface area contributed by atoms with Gasteiger partial charge in [0.1, 0.15) is 5.75 Å². The second-order valence-corrected chi connectivity index (χ2v) is 6.54. The Labute approximate surface area is 179 Å². The van der Waals surface area contributed by atoms with Crippen molar-refractivity contribution in [3.8, 4) is 11.5 Å². The highest BCUT2D eigenvalue weighted by atomic mass is 35.5. The molecule has 0 aromatic heterocycles. The molecule has 0 aliphatic carbocycles. The SMILES string of the molecule is [C-]#[N+]c1ccc(Oc2cccc(NC(=O)Nc3ccc(Cl)c(C(F)(F)F)c3)c2)c(F)c1. The first-order valence-corrected chi connectivity index (χ1v) is 8.93. The average molecular weight is 450 g/mol. The number of hydrogen-bond donors (Lipinski definition) is 2. The van der Waals surface area contributed by atoms with Gasteiger partial charge in [-0.1, -0.05) is 23.7 Å². The highest BCUT2D eigenvalue weighted by Gasteiger charge is 2.33. The Morgan fingerprint density at radius 3 is 2.35 bits per heavy atom. The summed E-state index contributed by atoms with van der Waals surface area (Å²) in [5.74, 6) is -0.652. The summed E-state index contributed by atoms with van der Waals surface area (Å²) in [6.07, 6.45) is -4.67. The highest BCUT2D eigenvalue weighted by Crippen LogP contribution is 2.36. The van der Waals surface area contributed by atoms with Crippen molar-refractivity contribution in [2.75, 3.05) is 10.6 Å². The maximum atomic E-state index is 14.0. The van der Waals surface area contributed by atoms with Crippen LogP contribution in [-0.2, 0) is 6.18 Å². The van der Waals surface area contributed by atoms with E-state index >= 15 is 0 Å². The van der Waals surface area contributed by atoms with Gasteiger partial charge in [-0.15, -0.1) is 0 Å². The Hall–Kier alpha value is -3.77. The van der Waals surface area contributed by atoms with Gasteiger partial charge in [-0.3, -0.25) is 0 Å². The molecule has 31 heavy (non-hydrogen) atoms. The lowest BCUT2D eigenvalue weighted by Crippen LogP contribution is -2.20. The number of anilines is 2. The molecule has 0 spiro atoms. The van der Waals surface area contributed by atoms with Crippen molar-refractivity contribution in [3.05, 3.63) is 88.5 Å². The number of halogens is 5. The van der Waals surface area contributed by atoms with Crippen LogP contribution in [0.2, 0.25) is 5.02 Å². The Bertz CT molecular complexity index is 1180. The zero-order valence-corrected chi connectivity index (χ0v) is 16.2. The molecule has 0 radical (unpaired) electrons. The van der Waals surface area contributed by atoms with Gasteiger partial charge in [0.25, 0.3) is 0 Å². The van der Waals surface area contributed by atoms with Gasteiger partial charge in [-0.2, -0.15) is 13.2 Å². The van der Waals surface area contributed by atoms with E-state index in [1.165, 1.54) is 42.5 Å². The normalized spacial score (nSPS) is 10.8. The summed E-state index contributed by atoms with van der Waals surface area (Å²) in [6, 6.07) is 11.8. The fourth-order valence-corrected chi connectivity index (χ4v) is 2.74. The summed E-state index contributed by atoms with van der Waals surface area (Å²) in [7, 11) is 0. The molecule has 0 saturated carbocycles. The van der Waals surface area contributed by atoms with Gasteiger partial charge in [-0.05, 0) is 42.5 Å². The molecule has 0 bridgehead atoms. The fourth-order valence-electron chi connectivity index (χ4n) is 2.52. The number of carbonyl (C=O) groups excluding carboxylic acids is 1. The second-order valence-electron chi connectivity index (χ2n) is 6.13. The molecule has 0 fully saturated rings. The number of amides is 2. The van der Waals surface area contributed by atoms with Gasteiger partial charge >= 0.3 is 12.2 Å². The first-order valence-electron chi connectivity index (χ1n) is 8.55. The summed E-state index contributed by atoms with van der Waals surface area (Å²) >= 11 is 5.56. The van der Waals surface area contributed by atoms with E-state index < -0.39 is 28.6 Å². The fraction of sp³-hybridized carbons (Fsp3) is 0.0476. The summed E-state index contributed by atoms with van der Waals surface area (Å²) in [5, 5.41) is 4.24. The molecule has 0 unspecified atom stereocenters. The lowest BCUT2D eigenvalue weighted by Gasteiger charge is -2.13. The van der Waals surface area contributed by atoms with Crippen molar-refractivity contribution >= 4 is 34.7 Å². The van der Waals surface area contributed by atoms with E-state index in [9.17, 15) is 22.4 Å². The van der Waals surface area contributed by atoms with Crippen LogP contribution in [0.3, 0.4) is 0 Å². The second kappa shape index (κ2) is 8.93. The monoisotopic (exact) mass is 449 g/mol. The van der Waals surface area contributed by atoms with Crippen molar-refractivity contribution in [3.63, 3.8) is 0 Å². The Morgan fingerprint density at radius 1 is 1.00 bits per heavy atom. The van der Waals surface area contributed by atoms with Gasteiger partial charge < -0.3 is 15.4 Å². The first-order chi connectivity index (χ1) is 14.7. The van der Waals surface area contributed by atoms with Crippen LogP contribution >= 0.6 is 11.6 Å². The molecule has 158 valence electrons. The van der Waals surface area contributed by atoms with Crippen LogP contribution < -0.4 is 15.4 Å². The summed E-state index contributed by atoms with van der Waals surface area (Å²) in [6.45, 7) is 6.87. The van der Waals surface area contributed by atoms with E-state index in [0.717, 1.165) is 18.2 Å². The molecule has 5 nitrogen and oxygen atoms in total. The molecule has 3 rings (SSSR count). The predicted molar refractivity (Wildman–Crippen MR) is 108 cm³/mol. The number of urea groups is 1. The quantitative estimate of drug-likeness (QED) is 0.320. The van der Waals surface area contributed by atoms with Crippen LogP contribution in [0.1, 0.15) is 5.56 Å². The Morgan fingerprint density at radius 2 is 1.71 bits per heavy atom. The third-order valence-corrected chi connectivity index (χ3v) is 4.22. The van der Waals surface area contributed by atoms with Gasteiger partial charge in [-0.25, -0.2) is 14.0 Å². The maximum Gasteiger partial charge on any atom is 0.417 e. The molecule has 3 aromatic carbocycles. The molecule has 0 aliphatic heterocycles. The van der Waals surface area contributed by atoms with Crippen LogP contribution in [0.4, 0.5) is 39.4 Å². The van der Waals surface area contributed by atoms with Crippen molar-refractivity contribution in [1.82, 2.24) is 0 Å². The van der Waals surface area contributed by atoms with Crippen LogP contribution in [0.25, 0.3) is 4.85 Å². The Balaban J connectivity index is 1.70. The molecule has 2 amide bonds. The van der Waals surface area contributed by atoms with Gasteiger partial charge in [0.05, 0.1) is 17.2 Å². The zero-order valence-electron chi connectivity index (χ0n) is 15.4. The molecule has 0 atom stereocenters. The number of rotatable bonds is 4.